The standard InChI is InChI=1S/C20H28N4O2/c1-3-24(15-19-9-8-16(2)26-19)20(25)22-18-7-5-11-23(14-18)13-17-6-4-10-21-12-17/h4,6,8-10,12,18H,3,5,7,11,13-15H2,1-2H3,(H,22,25). The maximum absolute atomic E-state index is 12.7. The average Bonchev–Trinajstić information content (AvgIpc) is 3.05. The summed E-state index contributed by atoms with van der Waals surface area (Å²) in [4.78, 5) is 21.0. The molecule has 26 heavy (non-hydrogen) atoms. The fourth-order valence-electron chi connectivity index (χ4n) is 3.42. The van der Waals surface area contributed by atoms with E-state index in [0.717, 1.165) is 44.0 Å². The highest BCUT2D eigenvalue weighted by molar-refractivity contribution is 5.74. The zero-order chi connectivity index (χ0) is 18.4. The van der Waals surface area contributed by atoms with Crippen LogP contribution in [0.1, 0.15) is 36.8 Å². The summed E-state index contributed by atoms with van der Waals surface area (Å²) >= 11 is 0. The lowest BCUT2D eigenvalue weighted by Crippen LogP contribution is -2.51. The van der Waals surface area contributed by atoms with Crippen LogP contribution in [0.3, 0.4) is 0 Å². The summed E-state index contributed by atoms with van der Waals surface area (Å²) in [5, 5.41) is 3.20. The Bertz CT molecular complexity index is 701. The molecule has 2 aromatic rings. The van der Waals surface area contributed by atoms with E-state index in [0.29, 0.717) is 13.1 Å². The van der Waals surface area contributed by atoms with Crippen LogP contribution in [-0.2, 0) is 13.1 Å². The Morgan fingerprint density at radius 3 is 3.00 bits per heavy atom. The number of carbonyl (C=O) groups is 1. The van der Waals surface area contributed by atoms with E-state index in [1.165, 1.54) is 5.56 Å². The summed E-state index contributed by atoms with van der Waals surface area (Å²) in [6.07, 6.45) is 5.82. The van der Waals surface area contributed by atoms with Crippen molar-refractivity contribution in [3.05, 3.63) is 53.7 Å². The zero-order valence-electron chi connectivity index (χ0n) is 15.6. The SMILES string of the molecule is CCN(Cc1ccc(C)o1)C(=O)NC1CCCN(Cc2cccnc2)C1. The number of likely N-dealkylation sites (tertiary alicyclic amines) is 1. The van der Waals surface area contributed by atoms with Gasteiger partial charge in [-0.05, 0) is 57.0 Å². The van der Waals surface area contributed by atoms with Crippen molar-refractivity contribution in [3.8, 4) is 0 Å². The Hall–Kier alpha value is -2.34. The number of carbonyl (C=O) groups excluding carboxylic acids is 1. The number of rotatable bonds is 6. The number of nitrogens with one attached hydrogen (secondary N) is 1. The van der Waals surface area contributed by atoms with Crippen LogP contribution in [0.25, 0.3) is 0 Å². The summed E-state index contributed by atoms with van der Waals surface area (Å²) in [5.41, 5.74) is 1.21. The molecule has 6 nitrogen and oxygen atoms in total. The van der Waals surface area contributed by atoms with Gasteiger partial charge in [-0.15, -0.1) is 0 Å². The van der Waals surface area contributed by atoms with Crippen molar-refractivity contribution in [2.24, 2.45) is 0 Å². The molecule has 1 unspecified atom stereocenters. The normalized spacial score (nSPS) is 17.8. The highest BCUT2D eigenvalue weighted by Crippen LogP contribution is 2.15. The fraction of sp³-hybridized carbons (Fsp3) is 0.500. The minimum Gasteiger partial charge on any atom is -0.464 e. The van der Waals surface area contributed by atoms with Gasteiger partial charge in [0.25, 0.3) is 0 Å². The summed E-state index contributed by atoms with van der Waals surface area (Å²) in [7, 11) is 0. The highest BCUT2D eigenvalue weighted by atomic mass is 16.3. The third kappa shape index (κ3) is 5.08. The van der Waals surface area contributed by atoms with Gasteiger partial charge in [0.1, 0.15) is 11.5 Å². The molecule has 0 spiro atoms. The second-order valence-corrected chi connectivity index (χ2v) is 6.91. The summed E-state index contributed by atoms with van der Waals surface area (Å²) in [5.74, 6) is 1.69. The first-order valence-electron chi connectivity index (χ1n) is 9.36. The molecule has 1 fully saturated rings. The molecule has 1 N–H and O–H groups in total. The molecule has 0 radical (unpaired) electrons. The van der Waals surface area contributed by atoms with Crippen LogP contribution in [-0.4, -0.2) is 46.5 Å². The predicted octanol–water partition coefficient (Wildman–Crippen LogP) is 3.18. The molecule has 1 aliphatic heterocycles. The van der Waals surface area contributed by atoms with Crippen LogP contribution in [0.2, 0.25) is 0 Å². The number of aromatic nitrogens is 1. The van der Waals surface area contributed by atoms with E-state index >= 15 is 0 Å². The highest BCUT2D eigenvalue weighted by Gasteiger charge is 2.23. The fourth-order valence-corrected chi connectivity index (χ4v) is 3.42. The molecular formula is C20H28N4O2. The lowest BCUT2D eigenvalue weighted by atomic mass is 10.1. The van der Waals surface area contributed by atoms with Crippen molar-refractivity contribution in [2.75, 3.05) is 19.6 Å². The quantitative estimate of drug-likeness (QED) is 0.863. The van der Waals surface area contributed by atoms with E-state index in [-0.39, 0.29) is 12.1 Å². The van der Waals surface area contributed by atoms with E-state index in [1.807, 2.05) is 38.2 Å². The number of pyridine rings is 1. The smallest absolute Gasteiger partial charge is 0.318 e. The third-order valence-electron chi connectivity index (χ3n) is 4.77. The topological polar surface area (TPSA) is 61.6 Å². The van der Waals surface area contributed by atoms with Crippen LogP contribution in [0, 0.1) is 6.92 Å². The van der Waals surface area contributed by atoms with Gasteiger partial charge in [0, 0.05) is 38.1 Å². The number of amides is 2. The molecule has 0 aliphatic carbocycles. The van der Waals surface area contributed by atoms with E-state index < -0.39 is 0 Å². The Balaban J connectivity index is 1.52. The molecular weight excluding hydrogens is 328 g/mol. The first-order chi connectivity index (χ1) is 12.6. The summed E-state index contributed by atoms with van der Waals surface area (Å²) < 4.78 is 5.60. The van der Waals surface area contributed by atoms with E-state index in [9.17, 15) is 4.79 Å². The van der Waals surface area contributed by atoms with Gasteiger partial charge in [-0.25, -0.2) is 4.79 Å². The van der Waals surface area contributed by atoms with E-state index in [1.54, 1.807) is 11.1 Å². The molecule has 1 aliphatic rings. The molecule has 2 amide bonds. The number of nitrogens with zero attached hydrogens (tertiary/aromatic N) is 3. The number of hydrogen-bond donors (Lipinski definition) is 1. The average molecular weight is 356 g/mol. The second kappa shape index (κ2) is 8.85. The molecule has 3 rings (SSSR count). The van der Waals surface area contributed by atoms with Gasteiger partial charge in [0.15, 0.2) is 0 Å². The maximum Gasteiger partial charge on any atom is 0.318 e. The number of urea groups is 1. The molecule has 3 heterocycles. The van der Waals surface area contributed by atoms with E-state index in [2.05, 4.69) is 21.3 Å². The monoisotopic (exact) mass is 356 g/mol. The third-order valence-corrected chi connectivity index (χ3v) is 4.77. The van der Waals surface area contributed by atoms with Crippen molar-refractivity contribution >= 4 is 6.03 Å². The molecule has 0 bridgehead atoms. The molecule has 140 valence electrons. The first-order valence-corrected chi connectivity index (χ1v) is 9.36. The van der Waals surface area contributed by atoms with Gasteiger partial charge in [-0.3, -0.25) is 9.88 Å². The van der Waals surface area contributed by atoms with Crippen LogP contribution in [0.4, 0.5) is 4.79 Å². The predicted molar refractivity (Wildman–Crippen MR) is 101 cm³/mol. The maximum atomic E-state index is 12.7. The first kappa shape index (κ1) is 18.5. The zero-order valence-corrected chi connectivity index (χ0v) is 15.6. The van der Waals surface area contributed by atoms with Gasteiger partial charge in [0.2, 0.25) is 0 Å². The minimum atomic E-state index is -0.0187. The van der Waals surface area contributed by atoms with Gasteiger partial charge in [0.05, 0.1) is 6.54 Å². The molecule has 0 saturated carbocycles. The van der Waals surface area contributed by atoms with Gasteiger partial charge in [-0.1, -0.05) is 6.07 Å². The van der Waals surface area contributed by atoms with Gasteiger partial charge >= 0.3 is 6.03 Å². The Kier molecular flexibility index (Phi) is 6.28. The van der Waals surface area contributed by atoms with Crippen molar-refractivity contribution in [1.82, 2.24) is 20.1 Å². The number of furan rings is 1. The van der Waals surface area contributed by atoms with Crippen LogP contribution < -0.4 is 5.32 Å². The Morgan fingerprint density at radius 1 is 1.42 bits per heavy atom. The largest absolute Gasteiger partial charge is 0.464 e. The van der Waals surface area contributed by atoms with Crippen molar-refractivity contribution in [1.29, 1.82) is 0 Å². The lowest BCUT2D eigenvalue weighted by Gasteiger charge is -2.34. The van der Waals surface area contributed by atoms with Gasteiger partial charge in [-0.2, -0.15) is 0 Å². The molecule has 6 heteroatoms. The van der Waals surface area contributed by atoms with E-state index in [4.69, 9.17) is 4.42 Å². The number of hydrogen-bond acceptors (Lipinski definition) is 4. The van der Waals surface area contributed by atoms with Crippen molar-refractivity contribution in [2.45, 2.75) is 45.8 Å². The number of aryl methyl sites for hydroxylation is 1. The lowest BCUT2D eigenvalue weighted by molar-refractivity contribution is 0.161. The summed E-state index contributed by atoms with van der Waals surface area (Å²) in [6, 6.07) is 8.09. The minimum absolute atomic E-state index is 0.0187. The Morgan fingerprint density at radius 2 is 2.31 bits per heavy atom. The summed E-state index contributed by atoms with van der Waals surface area (Å²) in [6.45, 7) is 7.87. The second-order valence-electron chi connectivity index (χ2n) is 6.91. The number of piperidine rings is 1. The van der Waals surface area contributed by atoms with Gasteiger partial charge < -0.3 is 14.6 Å². The van der Waals surface area contributed by atoms with Crippen LogP contribution in [0.5, 0.6) is 0 Å². The molecule has 1 saturated heterocycles. The molecule has 1 atom stereocenters. The van der Waals surface area contributed by atoms with Crippen molar-refractivity contribution < 1.29 is 9.21 Å². The Labute approximate surface area is 155 Å². The molecule has 2 aromatic heterocycles. The molecule has 0 aromatic carbocycles. The van der Waals surface area contributed by atoms with Crippen LogP contribution in [0.15, 0.2) is 41.1 Å². The van der Waals surface area contributed by atoms with Crippen molar-refractivity contribution in [3.63, 3.8) is 0 Å². The van der Waals surface area contributed by atoms with Crippen LogP contribution >= 0.6 is 0 Å².